The van der Waals surface area contributed by atoms with Gasteiger partial charge in [0.2, 0.25) is 17.5 Å². The molecule has 5 saturated heterocycles. The van der Waals surface area contributed by atoms with Crippen molar-refractivity contribution in [1.82, 2.24) is 20.0 Å². The SMILES string of the molecule is [C-]#[N+]c1ccc(N2CCC3(CCN(C(=O)c4cccc(N5CCN(C6CCN(c7ccc8c(c7)C(=O)N(C7CCC(=O)NC7=O)C8=O)C6)CC5)c4)C3)CC2)cc1Cl. The maximum Gasteiger partial charge on any atom is 0.262 e. The summed E-state index contributed by atoms with van der Waals surface area (Å²) in [5.74, 6) is -1.88. The Balaban J connectivity index is 0.772. The largest absolute Gasteiger partial charge is 0.372 e. The highest BCUT2D eigenvalue weighted by atomic mass is 35.5. The van der Waals surface area contributed by atoms with Gasteiger partial charge in [-0.2, -0.15) is 0 Å². The van der Waals surface area contributed by atoms with E-state index < -0.39 is 29.7 Å². The molecule has 5 amide bonds. The maximum atomic E-state index is 13.9. The first-order valence-electron chi connectivity index (χ1n) is 20.0. The number of halogens is 1. The molecule has 5 fully saturated rings. The monoisotopic (exact) mass is 788 g/mol. The minimum Gasteiger partial charge on any atom is -0.372 e. The molecule has 3 aromatic rings. The molecule has 2 unspecified atom stereocenters. The van der Waals surface area contributed by atoms with Crippen molar-refractivity contribution in [2.45, 2.75) is 50.6 Å². The Labute approximate surface area is 336 Å². The molecule has 14 heteroatoms. The molecule has 294 valence electrons. The van der Waals surface area contributed by atoms with Gasteiger partial charge in [0.05, 0.1) is 17.7 Å². The van der Waals surface area contributed by atoms with Crippen molar-refractivity contribution in [3.8, 4) is 0 Å². The van der Waals surface area contributed by atoms with E-state index in [1.54, 1.807) is 18.2 Å². The van der Waals surface area contributed by atoms with Crippen LogP contribution in [0.1, 0.15) is 69.6 Å². The van der Waals surface area contributed by atoms with E-state index >= 15 is 0 Å². The van der Waals surface area contributed by atoms with Gasteiger partial charge in [0.25, 0.3) is 17.7 Å². The molecule has 0 saturated carbocycles. The summed E-state index contributed by atoms with van der Waals surface area (Å²) in [5.41, 5.74) is 4.94. The normalized spacial score (nSPS) is 23.7. The van der Waals surface area contributed by atoms with Gasteiger partial charge >= 0.3 is 0 Å². The predicted molar refractivity (Wildman–Crippen MR) is 216 cm³/mol. The molecular weight excluding hydrogens is 744 g/mol. The average Bonchev–Trinajstić information content (AvgIpc) is 3.95. The first kappa shape index (κ1) is 37.1. The highest BCUT2D eigenvalue weighted by Gasteiger charge is 2.45. The van der Waals surface area contributed by atoms with Gasteiger partial charge in [0, 0.05) is 106 Å². The van der Waals surface area contributed by atoms with Gasteiger partial charge in [0.15, 0.2) is 0 Å². The van der Waals surface area contributed by atoms with Crippen molar-refractivity contribution in [2.24, 2.45) is 5.41 Å². The van der Waals surface area contributed by atoms with E-state index in [1.807, 2.05) is 35.2 Å². The van der Waals surface area contributed by atoms with Crippen LogP contribution < -0.4 is 20.0 Å². The van der Waals surface area contributed by atoms with Crippen molar-refractivity contribution in [3.63, 3.8) is 0 Å². The second kappa shape index (κ2) is 14.8. The molecule has 9 rings (SSSR count). The third kappa shape index (κ3) is 6.89. The molecule has 2 atom stereocenters. The Bertz CT molecular complexity index is 2210. The number of nitrogens with one attached hydrogen (secondary N) is 1. The quantitative estimate of drug-likeness (QED) is 0.277. The van der Waals surface area contributed by atoms with Gasteiger partial charge in [-0.1, -0.05) is 23.7 Å². The number of piperidine rings is 2. The van der Waals surface area contributed by atoms with E-state index in [4.69, 9.17) is 18.2 Å². The number of hydrogen-bond donors (Lipinski definition) is 1. The molecule has 0 radical (unpaired) electrons. The van der Waals surface area contributed by atoms with E-state index in [9.17, 15) is 24.0 Å². The van der Waals surface area contributed by atoms with Gasteiger partial charge in [0.1, 0.15) is 6.04 Å². The first-order chi connectivity index (χ1) is 27.6. The van der Waals surface area contributed by atoms with Gasteiger partial charge in [-0.25, -0.2) is 4.85 Å². The molecule has 1 spiro atoms. The van der Waals surface area contributed by atoms with Crippen LogP contribution in [-0.2, 0) is 9.59 Å². The van der Waals surface area contributed by atoms with E-state index in [-0.39, 0.29) is 24.2 Å². The second-order valence-electron chi connectivity index (χ2n) is 16.4. The molecule has 3 aromatic carbocycles. The Morgan fingerprint density at radius 3 is 2.21 bits per heavy atom. The molecule has 0 aliphatic carbocycles. The third-order valence-electron chi connectivity index (χ3n) is 13.2. The second-order valence-corrected chi connectivity index (χ2v) is 16.8. The molecule has 6 heterocycles. The van der Waals surface area contributed by atoms with Crippen LogP contribution in [0.3, 0.4) is 0 Å². The lowest BCUT2D eigenvalue weighted by Crippen LogP contribution is -2.54. The highest BCUT2D eigenvalue weighted by Crippen LogP contribution is 2.43. The van der Waals surface area contributed by atoms with Crippen LogP contribution in [0.4, 0.5) is 22.7 Å². The standard InChI is InChI=1S/C43H45ClN8O5/c1-45-36-8-6-31(25-35(36)44)47-16-12-43(13-17-47)14-18-51(27-43)40(55)28-3-2-4-29(23-28)48-19-21-49(22-20-48)32-11-15-50(26-32)30-5-7-33-34(24-30)42(57)52(41(33)56)37-9-10-38(53)46-39(37)54/h2-8,23-25,32,37H,9-22,26-27H2,(H,46,53,54). The van der Waals surface area contributed by atoms with E-state index in [2.05, 4.69) is 41.9 Å². The fourth-order valence-corrected chi connectivity index (χ4v) is 10.0. The maximum absolute atomic E-state index is 13.9. The smallest absolute Gasteiger partial charge is 0.262 e. The summed E-state index contributed by atoms with van der Waals surface area (Å²) in [5, 5.41) is 2.74. The number of carbonyl (C=O) groups excluding carboxylic acids is 5. The number of anilines is 3. The van der Waals surface area contributed by atoms with E-state index in [0.29, 0.717) is 27.9 Å². The number of nitrogens with zero attached hydrogens (tertiary/aromatic N) is 7. The van der Waals surface area contributed by atoms with Crippen LogP contribution in [0, 0.1) is 12.0 Å². The van der Waals surface area contributed by atoms with Crippen LogP contribution in [0.2, 0.25) is 5.02 Å². The van der Waals surface area contributed by atoms with Crippen molar-refractivity contribution in [2.75, 3.05) is 80.1 Å². The molecule has 0 bridgehead atoms. The third-order valence-corrected chi connectivity index (χ3v) is 13.5. The van der Waals surface area contributed by atoms with Crippen LogP contribution in [0.5, 0.6) is 0 Å². The lowest BCUT2D eigenvalue weighted by atomic mass is 9.77. The summed E-state index contributed by atoms with van der Waals surface area (Å²) in [6, 6.07) is 18.5. The zero-order valence-corrected chi connectivity index (χ0v) is 32.5. The number of fused-ring (bicyclic) bond motifs is 1. The van der Waals surface area contributed by atoms with Gasteiger partial charge in [-0.05, 0) is 86.1 Å². The highest BCUT2D eigenvalue weighted by molar-refractivity contribution is 6.33. The van der Waals surface area contributed by atoms with Gasteiger partial charge < -0.3 is 19.6 Å². The summed E-state index contributed by atoms with van der Waals surface area (Å²) >= 11 is 6.32. The molecule has 6 aliphatic heterocycles. The summed E-state index contributed by atoms with van der Waals surface area (Å²) in [6.45, 7) is 15.8. The Hall–Kier alpha value is -5.45. The van der Waals surface area contributed by atoms with Gasteiger partial charge in [-0.3, -0.25) is 39.1 Å². The summed E-state index contributed by atoms with van der Waals surface area (Å²) in [6.07, 6.45) is 4.25. The Morgan fingerprint density at radius 1 is 0.754 bits per heavy atom. The van der Waals surface area contributed by atoms with Crippen LogP contribution in [0.25, 0.3) is 4.85 Å². The minimum absolute atomic E-state index is 0.0891. The number of likely N-dealkylation sites (tertiary alicyclic amines) is 1. The Morgan fingerprint density at radius 2 is 1.46 bits per heavy atom. The summed E-state index contributed by atoms with van der Waals surface area (Å²) < 4.78 is 0. The van der Waals surface area contributed by atoms with Gasteiger partial charge in [-0.15, -0.1) is 0 Å². The lowest BCUT2D eigenvalue weighted by Gasteiger charge is -2.40. The lowest BCUT2D eigenvalue weighted by molar-refractivity contribution is -0.136. The van der Waals surface area contributed by atoms with Crippen molar-refractivity contribution >= 4 is 63.9 Å². The number of amides is 5. The fourth-order valence-electron chi connectivity index (χ4n) is 9.83. The number of rotatable bonds is 6. The molecule has 57 heavy (non-hydrogen) atoms. The molecule has 1 N–H and O–H groups in total. The number of imide groups is 2. The average molecular weight is 789 g/mol. The first-order valence-corrected chi connectivity index (χ1v) is 20.4. The Kier molecular flexibility index (Phi) is 9.65. The summed E-state index contributed by atoms with van der Waals surface area (Å²) in [4.78, 5) is 80.6. The molecule has 0 aromatic heterocycles. The molecular formula is C43H45ClN8O5. The van der Waals surface area contributed by atoms with Crippen LogP contribution in [-0.4, -0.2) is 122 Å². The van der Waals surface area contributed by atoms with Crippen LogP contribution >= 0.6 is 11.6 Å². The molecule has 13 nitrogen and oxygen atoms in total. The number of carbonyl (C=O) groups is 5. The topological polar surface area (TPSA) is 121 Å². The zero-order chi connectivity index (χ0) is 39.4. The van der Waals surface area contributed by atoms with Crippen molar-refractivity contribution in [1.29, 1.82) is 0 Å². The number of piperazine rings is 1. The summed E-state index contributed by atoms with van der Waals surface area (Å²) in [7, 11) is 0. The zero-order valence-electron chi connectivity index (χ0n) is 31.8. The molecule has 6 aliphatic rings. The van der Waals surface area contributed by atoms with Crippen molar-refractivity contribution < 1.29 is 24.0 Å². The minimum atomic E-state index is -0.979. The van der Waals surface area contributed by atoms with Crippen molar-refractivity contribution in [3.05, 3.63) is 93.8 Å². The fraction of sp³-hybridized carbons (Fsp3) is 0.442. The number of hydrogen-bond acceptors (Lipinski definition) is 9. The van der Waals surface area contributed by atoms with E-state index in [0.717, 1.165) is 119 Å². The van der Waals surface area contributed by atoms with E-state index in [1.165, 1.54) is 0 Å². The van der Waals surface area contributed by atoms with Crippen LogP contribution in [0.15, 0.2) is 60.7 Å². The predicted octanol–water partition coefficient (Wildman–Crippen LogP) is 4.83. The number of benzene rings is 3.